The lowest BCUT2D eigenvalue weighted by Gasteiger charge is -2.14. The van der Waals surface area contributed by atoms with Crippen LogP contribution in [0.2, 0.25) is 0 Å². The number of ether oxygens (including phenoxy) is 2. The molecule has 1 atom stereocenters. The van der Waals surface area contributed by atoms with Crippen molar-refractivity contribution in [2.24, 2.45) is 0 Å². The maximum Gasteiger partial charge on any atom is 0.120 e. The summed E-state index contributed by atoms with van der Waals surface area (Å²) < 4.78 is 22.9. The Morgan fingerprint density at radius 1 is 1.20 bits per heavy atom. The van der Waals surface area contributed by atoms with E-state index in [0.717, 1.165) is 5.56 Å². The van der Waals surface area contributed by atoms with Crippen LogP contribution < -0.4 is 0 Å². The van der Waals surface area contributed by atoms with E-state index in [9.17, 15) is 4.39 Å². The highest BCUT2D eigenvalue weighted by Crippen LogP contribution is 2.17. The number of alkyl halides is 2. The Labute approximate surface area is 94.0 Å². The van der Waals surface area contributed by atoms with Crippen molar-refractivity contribution >= 4 is 11.6 Å². The van der Waals surface area contributed by atoms with E-state index < -0.39 is 12.8 Å². The lowest BCUT2D eigenvalue weighted by molar-refractivity contribution is 0.00138. The fourth-order valence-corrected chi connectivity index (χ4v) is 1.31. The van der Waals surface area contributed by atoms with Crippen molar-refractivity contribution in [2.75, 3.05) is 26.0 Å². The van der Waals surface area contributed by atoms with Crippen LogP contribution in [0.25, 0.3) is 0 Å². The Morgan fingerprint density at radius 2 is 1.93 bits per heavy atom. The lowest BCUT2D eigenvalue weighted by atomic mass is 10.1. The Morgan fingerprint density at radius 3 is 2.53 bits per heavy atom. The minimum absolute atomic E-state index is 0.134. The van der Waals surface area contributed by atoms with Crippen LogP contribution in [0.15, 0.2) is 30.3 Å². The number of benzene rings is 1. The lowest BCUT2D eigenvalue weighted by Crippen LogP contribution is -2.11. The third kappa shape index (κ3) is 4.60. The van der Waals surface area contributed by atoms with Gasteiger partial charge in [-0.3, -0.25) is 0 Å². The molecule has 0 aliphatic carbocycles. The summed E-state index contributed by atoms with van der Waals surface area (Å²) in [5.41, 5.74) is 0.839. The standard InChI is InChI=1S/C11H14ClFO2/c12-9-14-6-7-15-11(8-13)10-4-2-1-3-5-10/h1-5,11H,6-9H2. The Bertz CT molecular complexity index is 256. The van der Waals surface area contributed by atoms with Crippen LogP contribution in [0.4, 0.5) is 4.39 Å². The molecule has 0 bridgehead atoms. The van der Waals surface area contributed by atoms with Crippen molar-refractivity contribution in [3.05, 3.63) is 35.9 Å². The quantitative estimate of drug-likeness (QED) is 0.532. The number of hydrogen-bond donors (Lipinski definition) is 0. The molecule has 0 radical (unpaired) electrons. The van der Waals surface area contributed by atoms with Gasteiger partial charge in [-0.1, -0.05) is 41.9 Å². The summed E-state index contributed by atoms with van der Waals surface area (Å²) in [6.45, 7) is 0.188. The zero-order chi connectivity index (χ0) is 10.9. The van der Waals surface area contributed by atoms with Gasteiger partial charge in [0, 0.05) is 0 Å². The maximum atomic E-state index is 12.7. The molecule has 1 rings (SSSR count). The van der Waals surface area contributed by atoms with E-state index in [1.165, 1.54) is 0 Å². The zero-order valence-electron chi connectivity index (χ0n) is 8.36. The first-order chi connectivity index (χ1) is 7.38. The normalized spacial score (nSPS) is 12.7. The first-order valence-electron chi connectivity index (χ1n) is 4.74. The second-order valence-electron chi connectivity index (χ2n) is 2.94. The first kappa shape index (κ1) is 12.4. The highest BCUT2D eigenvalue weighted by molar-refractivity contribution is 6.17. The third-order valence-corrected chi connectivity index (χ3v) is 2.09. The predicted octanol–water partition coefficient (Wildman–Crippen LogP) is 2.93. The molecular weight excluding hydrogens is 219 g/mol. The van der Waals surface area contributed by atoms with Crippen molar-refractivity contribution in [3.63, 3.8) is 0 Å². The van der Waals surface area contributed by atoms with Crippen LogP contribution in [0.1, 0.15) is 11.7 Å². The molecule has 0 saturated carbocycles. The summed E-state index contributed by atoms with van der Waals surface area (Å²) in [6, 6.07) is 9.41. The first-order valence-corrected chi connectivity index (χ1v) is 5.28. The van der Waals surface area contributed by atoms with E-state index in [-0.39, 0.29) is 6.07 Å². The van der Waals surface area contributed by atoms with Crippen molar-refractivity contribution in [1.82, 2.24) is 0 Å². The second-order valence-corrected chi connectivity index (χ2v) is 3.16. The van der Waals surface area contributed by atoms with Crippen LogP contribution in [0, 0.1) is 0 Å². The second kappa shape index (κ2) is 7.63. The van der Waals surface area contributed by atoms with E-state index in [0.29, 0.717) is 13.2 Å². The molecule has 0 aliphatic rings. The highest BCUT2D eigenvalue weighted by Gasteiger charge is 2.10. The SMILES string of the molecule is FCC(OCCOCCl)c1ccccc1. The summed E-state index contributed by atoms with van der Waals surface area (Å²) in [5.74, 6) is 0. The molecule has 0 fully saturated rings. The molecule has 84 valence electrons. The van der Waals surface area contributed by atoms with Crippen molar-refractivity contribution in [2.45, 2.75) is 6.10 Å². The fraction of sp³-hybridized carbons (Fsp3) is 0.455. The van der Waals surface area contributed by atoms with Crippen molar-refractivity contribution < 1.29 is 13.9 Å². The largest absolute Gasteiger partial charge is 0.368 e. The predicted molar refractivity (Wildman–Crippen MR) is 57.8 cm³/mol. The van der Waals surface area contributed by atoms with Gasteiger partial charge >= 0.3 is 0 Å². The molecule has 0 N–H and O–H groups in total. The molecule has 15 heavy (non-hydrogen) atoms. The van der Waals surface area contributed by atoms with Gasteiger partial charge in [0.05, 0.1) is 13.2 Å². The van der Waals surface area contributed by atoms with Crippen molar-refractivity contribution in [1.29, 1.82) is 0 Å². The fourth-order valence-electron chi connectivity index (χ4n) is 1.20. The van der Waals surface area contributed by atoms with E-state index in [2.05, 4.69) is 0 Å². The Balaban J connectivity index is 2.36. The molecule has 1 unspecified atom stereocenters. The molecule has 0 aliphatic heterocycles. The van der Waals surface area contributed by atoms with Crippen LogP contribution in [0.3, 0.4) is 0 Å². The van der Waals surface area contributed by atoms with Crippen LogP contribution in [-0.4, -0.2) is 26.0 Å². The third-order valence-electron chi connectivity index (χ3n) is 1.94. The van der Waals surface area contributed by atoms with Crippen LogP contribution in [0.5, 0.6) is 0 Å². The average Bonchev–Trinajstić information content (AvgIpc) is 2.30. The van der Waals surface area contributed by atoms with Gasteiger partial charge in [-0.25, -0.2) is 4.39 Å². The van der Waals surface area contributed by atoms with E-state index in [1.807, 2.05) is 30.3 Å². The summed E-state index contributed by atoms with van der Waals surface area (Å²) in [4.78, 5) is 0. The van der Waals surface area contributed by atoms with Gasteiger partial charge in [0.2, 0.25) is 0 Å². The molecular formula is C11H14ClFO2. The maximum absolute atomic E-state index is 12.7. The molecule has 0 heterocycles. The molecule has 0 spiro atoms. The van der Waals surface area contributed by atoms with E-state index in [4.69, 9.17) is 21.1 Å². The zero-order valence-corrected chi connectivity index (χ0v) is 9.12. The Hall–Kier alpha value is -0.640. The highest BCUT2D eigenvalue weighted by atomic mass is 35.5. The molecule has 4 heteroatoms. The Kier molecular flexibility index (Phi) is 6.32. The summed E-state index contributed by atoms with van der Waals surface area (Å²) in [7, 11) is 0. The summed E-state index contributed by atoms with van der Waals surface area (Å²) >= 11 is 5.32. The number of rotatable bonds is 7. The van der Waals surface area contributed by atoms with Gasteiger partial charge in [0.25, 0.3) is 0 Å². The van der Waals surface area contributed by atoms with Gasteiger partial charge in [-0.15, -0.1) is 0 Å². The summed E-state index contributed by atoms with van der Waals surface area (Å²) in [6.07, 6.45) is -0.509. The number of halogens is 2. The molecule has 1 aromatic rings. The van der Waals surface area contributed by atoms with E-state index >= 15 is 0 Å². The molecule has 0 aromatic heterocycles. The van der Waals surface area contributed by atoms with Gasteiger partial charge in [0.15, 0.2) is 0 Å². The van der Waals surface area contributed by atoms with Gasteiger partial charge < -0.3 is 9.47 Å². The topological polar surface area (TPSA) is 18.5 Å². The smallest absolute Gasteiger partial charge is 0.120 e. The molecule has 2 nitrogen and oxygen atoms in total. The molecule has 0 saturated heterocycles. The summed E-state index contributed by atoms with van der Waals surface area (Å²) in [5, 5.41) is 0. The minimum Gasteiger partial charge on any atom is -0.368 e. The van der Waals surface area contributed by atoms with Gasteiger partial charge in [-0.05, 0) is 5.56 Å². The average molecular weight is 233 g/mol. The minimum atomic E-state index is -0.537. The van der Waals surface area contributed by atoms with Crippen LogP contribution in [-0.2, 0) is 9.47 Å². The molecule has 0 amide bonds. The van der Waals surface area contributed by atoms with Gasteiger partial charge in [-0.2, -0.15) is 0 Å². The van der Waals surface area contributed by atoms with Crippen LogP contribution >= 0.6 is 11.6 Å². The monoisotopic (exact) mass is 232 g/mol. The molecule has 1 aromatic carbocycles. The number of hydrogen-bond acceptors (Lipinski definition) is 2. The van der Waals surface area contributed by atoms with Crippen molar-refractivity contribution in [3.8, 4) is 0 Å². The van der Waals surface area contributed by atoms with E-state index in [1.54, 1.807) is 0 Å². The van der Waals surface area contributed by atoms with Gasteiger partial charge in [0.1, 0.15) is 18.8 Å².